The first kappa shape index (κ1) is 14.9. The van der Waals surface area contributed by atoms with Gasteiger partial charge >= 0.3 is 97.6 Å². The molecule has 0 aromatic carbocycles. The van der Waals surface area contributed by atoms with Crippen molar-refractivity contribution in [1.82, 2.24) is 0 Å². The van der Waals surface area contributed by atoms with E-state index in [1.807, 2.05) is 26.8 Å². The Kier molecular flexibility index (Phi) is 7.18. The molecule has 0 unspecified atom stereocenters. The van der Waals surface area contributed by atoms with E-state index in [0.29, 0.717) is 5.32 Å². The van der Waals surface area contributed by atoms with E-state index in [1.165, 1.54) is 5.57 Å². The van der Waals surface area contributed by atoms with Gasteiger partial charge in [-0.25, -0.2) is 0 Å². The molecule has 0 spiro atoms. The number of hydrogen-bond acceptors (Lipinski definition) is 3. The summed E-state index contributed by atoms with van der Waals surface area (Å²) in [5.74, 6) is 0. The summed E-state index contributed by atoms with van der Waals surface area (Å²) in [4.78, 5) is 0. The molecule has 0 aliphatic carbocycles. The van der Waals surface area contributed by atoms with Crippen molar-refractivity contribution in [1.29, 1.82) is 0 Å². The molecule has 0 aliphatic heterocycles. The average molecular weight is 296 g/mol. The standard InChI is InChI=1S/C10H18O3SSe/c1-9(2)5-4-6-10(3)7-8-15-14(11,12)13/h5,7H,4,6,8H2,1-3H3,(H,11,12,13)/p-1/b10-7+. The molecule has 5 heteroatoms. The molecule has 0 fully saturated rings. The molecule has 0 amide bonds. The first-order valence-electron chi connectivity index (χ1n) is 4.70. The van der Waals surface area contributed by atoms with Gasteiger partial charge in [0, 0.05) is 0 Å². The van der Waals surface area contributed by atoms with Crippen LogP contribution in [0.2, 0.25) is 5.32 Å². The topological polar surface area (TPSA) is 57.2 Å². The summed E-state index contributed by atoms with van der Waals surface area (Å²) in [5, 5.41) is 0.388. The number of allylic oxidation sites excluding steroid dienone is 4. The Morgan fingerprint density at radius 1 is 1.27 bits per heavy atom. The number of rotatable bonds is 6. The molecule has 88 valence electrons. The van der Waals surface area contributed by atoms with Gasteiger partial charge in [-0.3, -0.25) is 0 Å². The number of hydrogen-bond donors (Lipinski definition) is 0. The molecule has 0 aliphatic rings. The summed E-state index contributed by atoms with van der Waals surface area (Å²) < 4.78 is 31.0. The molecule has 3 nitrogen and oxygen atoms in total. The molecule has 15 heavy (non-hydrogen) atoms. The van der Waals surface area contributed by atoms with Crippen molar-refractivity contribution in [2.45, 2.75) is 38.9 Å². The van der Waals surface area contributed by atoms with Crippen LogP contribution in [-0.2, 0) is 8.54 Å². The van der Waals surface area contributed by atoms with Crippen LogP contribution in [0.4, 0.5) is 0 Å². The maximum atomic E-state index is 10.3. The summed E-state index contributed by atoms with van der Waals surface area (Å²) in [6.07, 6.45) is 5.91. The second-order valence-corrected chi connectivity index (χ2v) is 9.37. The Balaban J connectivity index is 3.85. The first-order valence-corrected chi connectivity index (χ1v) is 9.35. The molecule has 0 bridgehead atoms. The van der Waals surface area contributed by atoms with Gasteiger partial charge in [0.25, 0.3) is 0 Å². The van der Waals surface area contributed by atoms with Crippen LogP contribution in [0.15, 0.2) is 23.3 Å². The third-order valence-electron chi connectivity index (χ3n) is 1.74. The molecule has 0 N–H and O–H groups in total. The third kappa shape index (κ3) is 11.8. The average Bonchev–Trinajstić information content (AvgIpc) is 2.00. The molecule has 0 rings (SSSR count). The molecule has 0 aromatic heterocycles. The Labute approximate surface area is 97.6 Å². The van der Waals surface area contributed by atoms with E-state index < -0.39 is 22.4 Å². The molecule has 0 saturated heterocycles. The van der Waals surface area contributed by atoms with Crippen molar-refractivity contribution in [3.8, 4) is 0 Å². The monoisotopic (exact) mass is 297 g/mol. The summed E-state index contributed by atoms with van der Waals surface area (Å²) in [5.41, 5.74) is 2.44. The second-order valence-electron chi connectivity index (χ2n) is 3.56. The van der Waals surface area contributed by atoms with Gasteiger partial charge in [0.2, 0.25) is 0 Å². The van der Waals surface area contributed by atoms with Crippen LogP contribution in [0.1, 0.15) is 33.6 Å². The van der Waals surface area contributed by atoms with Crippen LogP contribution in [0.5, 0.6) is 0 Å². The Morgan fingerprint density at radius 3 is 2.33 bits per heavy atom. The first-order chi connectivity index (χ1) is 6.81. The van der Waals surface area contributed by atoms with Gasteiger partial charge in [-0.2, -0.15) is 0 Å². The van der Waals surface area contributed by atoms with Gasteiger partial charge < -0.3 is 0 Å². The van der Waals surface area contributed by atoms with Crippen LogP contribution < -0.4 is 0 Å². The minimum atomic E-state index is -4.00. The fraction of sp³-hybridized carbons (Fsp3) is 0.600. The van der Waals surface area contributed by atoms with E-state index >= 15 is 0 Å². The van der Waals surface area contributed by atoms with Crippen LogP contribution in [0.3, 0.4) is 0 Å². The predicted octanol–water partition coefficient (Wildman–Crippen LogP) is 2.26. The second kappa shape index (κ2) is 7.23. The van der Waals surface area contributed by atoms with Crippen molar-refractivity contribution < 1.29 is 13.0 Å². The zero-order valence-electron chi connectivity index (χ0n) is 9.32. The molecule has 0 radical (unpaired) electrons. The maximum absolute atomic E-state index is 10.3. The molecule has 0 saturated carbocycles. The summed E-state index contributed by atoms with van der Waals surface area (Å²) in [6, 6.07) is 0. The Hall–Kier alpha value is -0.0905. The van der Waals surface area contributed by atoms with Gasteiger partial charge in [0.05, 0.1) is 0 Å². The molecule has 0 atom stereocenters. The quantitative estimate of drug-likeness (QED) is 0.429. The van der Waals surface area contributed by atoms with Crippen LogP contribution in [-0.4, -0.2) is 26.8 Å². The zero-order valence-corrected chi connectivity index (χ0v) is 11.8. The van der Waals surface area contributed by atoms with Gasteiger partial charge in [-0.1, -0.05) is 0 Å². The summed E-state index contributed by atoms with van der Waals surface area (Å²) >= 11 is -0.842. The Morgan fingerprint density at radius 2 is 1.87 bits per heavy atom. The van der Waals surface area contributed by atoms with Gasteiger partial charge in [-0.15, -0.1) is 0 Å². The molecule has 0 aromatic rings. The van der Waals surface area contributed by atoms with Crippen molar-refractivity contribution >= 4 is 22.4 Å². The van der Waals surface area contributed by atoms with Crippen molar-refractivity contribution in [3.05, 3.63) is 23.3 Å². The van der Waals surface area contributed by atoms with E-state index in [-0.39, 0.29) is 0 Å². The van der Waals surface area contributed by atoms with Gasteiger partial charge in [0.15, 0.2) is 0 Å². The zero-order chi connectivity index (χ0) is 11.9. The van der Waals surface area contributed by atoms with Gasteiger partial charge in [0.1, 0.15) is 0 Å². The van der Waals surface area contributed by atoms with Crippen LogP contribution in [0.25, 0.3) is 0 Å². The van der Waals surface area contributed by atoms with Crippen molar-refractivity contribution in [2.75, 3.05) is 0 Å². The van der Waals surface area contributed by atoms with E-state index in [2.05, 4.69) is 6.08 Å². The summed E-state index contributed by atoms with van der Waals surface area (Å²) in [7, 11) is -4.00. The van der Waals surface area contributed by atoms with Crippen molar-refractivity contribution in [2.24, 2.45) is 0 Å². The van der Waals surface area contributed by atoms with E-state index in [4.69, 9.17) is 0 Å². The summed E-state index contributed by atoms with van der Waals surface area (Å²) in [6.45, 7) is 6.06. The van der Waals surface area contributed by atoms with Crippen molar-refractivity contribution in [3.63, 3.8) is 0 Å². The molecular formula is C10H17O3SSe-. The normalized spacial score (nSPS) is 12.7. The van der Waals surface area contributed by atoms with E-state index in [1.54, 1.807) is 0 Å². The predicted molar refractivity (Wildman–Crippen MR) is 62.7 cm³/mol. The third-order valence-corrected chi connectivity index (χ3v) is 5.18. The van der Waals surface area contributed by atoms with E-state index in [9.17, 15) is 13.0 Å². The Bertz CT molecular complexity index is 338. The minimum absolute atomic E-state index is 0.388. The van der Waals surface area contributed by atoms with Crippen LogP contribution >= 0.6 is 0 Å². The van der Waals surface area contributed by atoms with Gasteiger partial charge in [-0.05, 0) is 0 Å². The van der Waals surface area contributed by atoms with E-state index in [0.717, 1.165) is 18.4 Å². The fourth-order valence-electron chi connectivity index (χ4n) is 0.950. The molecule has 0 heterocycles. The fourth-order valence-corrected chi connectivity index (χ4v) is 3.26. The molecular weight excluding hydrogens is 279 g/mol. The van der Waals surface area contributed by atoms with Crippen LogP contribution in [0, 0.1) is 0 Å². The SMILES string of the molecule is CC(C)=CCC/C(C)=C/C[Se]S(=O)(=O)[O-].